The van der Waals surface area contributed by atoms with Crippen LogP contribution >= 0.6 is 0 Å². The monoisotopic (exact) mass is 262 g/mol. The maximum absolute atomic E-state index is 13.6. The molecule has 1 rings (SSSR count). The molecule has 2 nitrogen and oxygen atoms in total. The van der Waals surface area contributed by atoms with Crippen LogP contribution in [0.1, 0.15) is 38.4 Å². The quantitative estimate of drug-likeness (QED) is 0.825. The molecule has 0 saturated carbocycles. The van der Waals surface area contributed by atoms with Crippen molar-refractivity contribution in [2.24, 2.45) is 0 Å². The summed E-state index contributed by atoms with van der Waals surface area (Å²) in [6.07, 6.45) is -0.522. The average molecular weight is 262 g/mol. The summed E-state index contributed by atoms with van der Waals surface area (Å²) in [7, 11) is 1.40. The third-order valence-electron chi connectivity index (χ3n) is 3.46. The van der Waals surface area contributed by atoms with Crippen molar-refractivity contribution in [2.45, 2.75) is 38.4 Å². The topological polar surface area (TPSA) is 29.5 Å². The van der Waals surface area contributed by atoms with Crippen LogP contribution in [-0.4, -0.2) is 17.8 Å². The van der Waals surface area contributed by atoms with Crippen LogP contribution in [0.2, 0.25) is 0 Å². The van der Waals surface area contributed by atoms with Gasteiger partial charge >= 0.3 is 0 Å². The van der Waals surface area contributed by atoms with E-state index in [0.717, 1.165) is 12.1 Å². The van der Waals surface area contributed by atoms with E-state index in [1.54, 1.807) is 13.8 Å². The van der Waals surface area contributed by atoms with Gasteiger partial charge < -0.3 is 9.84 Å². The van der Waals surface area contributed by atoms with Crippen molar-refractivity contribution >= 4 is 0 Å². The first kappa shape index (κ1) is 15.0. The second-order valence-electron chi connectivity index (χ2n) is 4.14. The molecule has 18 heavy (non-hydrogen) atoms. The van der Waals surface area contributed by atoms with Crippen LogP contribution in [0.25, 0.3) is 0 Å². The maximum Gasteiger partial charge on any atom is 0.194 e. The zero-order valence-corrected chi connectivity index (χ0v) is 10.6. The second kappa shape index (κ2) is 5.71. The fourth-order valence-electron chi connectivity index (χ4n) is 2.07. The lowest BCUT2D eigenvalue weighted by Gasteiger charge is -2.35. The van der Waals surface area contributed by atoms with Crippen LogP contribution in [0.5, 0.6) is 0 Å². The highest BCUT2D eigenvalue weighted by atomic mass is 19.2. The first-order valence-electron chi connectivity index (χ1n) is 5.80. The summed E-state index contributed by atoms with van der Waals surface area (Å²) in [5.41, 5.74) is -1.30. The Morgan fingerprint density at radius 2 is 1.72 bits per heavy atom. The molecule has 1 aromatic rings. The molecule has 1 aromatic carbocycles. The lowest BCUT2D eigenvalue weighted by Crippen LogP contribution is -2.37. The molecule has 0 amide bonds. The van der Waals surface area contributed by atoms with Crippen molar-refractivity contribution in [3.63, 3.8) is 0 Å². The molecule has 0 aromatic heterocycles. The number of methoxy groups -OCH3 is 1. The standard InChI is InChI=1S/C13H17F3O2/c1-4-13(5-2,18-3)12(17)8-6-7-9(14)11(16)10(8)15/h6-7,12,17H,4-5H2,1-3H3. The Hall–Kier alpha value is -1.07. The van der Waals surface area contributed by atoms with Gasteiger partial charge in [-0.2, -0.15) is 0 Å². The molecule has 0 heterocycles. The SMILES string of the molecule is CCC(CC)(OC)C(O)c1ccc(F)c(F)c1F. The smallest absolute Gasteiger partial charge is 0.194 e. The lowest BCUT2D eigenvalue weighted by atomic mass is 9.86. The molecule has 102 valence electrons. The van der Waals surface area contributed by atoms with Crippen molar-refractivity contribution in [2.75, 3.05) is 7.11 Å². The van der Waals surface area contributed by atoms with Gasteiger partial charge in [-0.15, -0.1) is 0 Å². The molecule has 0 aliphatic rings. The molecule has 0 aliphatic carbocycles. The zero-order chi connectivity index (χ0) is 13.9. The second-order valence-corrected chi connectivity index (χ2v) is 4.14. The Kier molecular flexibility index (Phi) is 4.76. The molecule has 1 atom stereocenters. The summed E-state index contributed by atoms with van der Waals surface area (Å²) in [6.45, 7) is 3.54. The van der Waals surface area contributed by atoms with Crippen LogP contribution in [0.3, 0.4) is 0 Å². The Balaban J connectivity index is 3.25. The number of benzene rings is 1. The predicted molar refractivity (Wildman–Crippen MR) is 61.6 cm³/mol. The first-order chi connectivity index (χ1) is 8.43. The van der Waals surface area contributed by atoms with E-state index in [1.807, 2.05) is 0 Å². The van der Waals surface area contributed by atoms with Gasteiger partial charge in [-0.05, 0) is 18.9 Å². The molecule has 0 bridgehead atoms. The van der Waals surface area contributed by atoms with Crippen molar-refractivity contribution in [3.05, 3.63) is 35.1 Å². The van der Waals surface area contributed by atoms with Crippen molar-refractivity contribution < 1.29 is 23.0 Å². The van der Waals surface area contributed by atoms with Crippen LogP contribution in [0, 0.1) is 17.5 Å². The fraction of sp³-hybridized carbons (Fsp3) is 0.538. The number of halogens is 3. The molecule has 0 spiro atoms. The van der Waals surface area contributed by atoms with E-state index in [9.17, 15) is 18.3 Å². The normalized spacial score (nSPS) is 13.7. The van der Waals surface area contributed by atoms with Gasteiger partial charge in [0.25, 0.3) is 0 Å². The Labute approximate surface area is 104 Å². The lowest BCUT2D eigenvalue weighted by molar-refractivity contribution is -0.111. The Morgan fingerprint density at radius 1 is 1.17 bits per heavy atom. The third kappa shape index (κ3) is 2.37. The van der Waals surface area contributed by atoms with E-state index in [2.05, 4.69) is 0 Å². The summed E-state index contributed by atoms with van der Waals surface area (Å²) in [5.74, 6) is -4.23. The molecular weight excluding hydrogens is 245 g/mol. The molecule has 0 radical (unpaired) electrons. The van der Waals surface area contributed by atoms with E-state index in [1.165, 1.54) is 7.11 Å². The summed E-state index contributed by atoms with van der Waals surface area (Å²) in [5, 5.41) is 10.2. The Morgan fingerprint density at radius 3 is 2.17 bits per heavy atom. The van der Waals surface area contributed by atoms with E-state index in [0.29, 0.717) is 12.8 Å². The number of hydrogen-bond donors (Lipinski definition) is 1. The molecule has 1 N–H and O–H groups in total. The highest BCUT2D eigenvalue weighted by Gasteiger charge is 2.37. The number of rotatable bonds is 5. The molecule has 5 heteroatoms. The highest BCUT2D eigenvalue weighted by molar-refractivity contribution is 5.24. The summed E-state index contributed by atoms with van der Waals surface area (Å²) >= 11 is 0. The number of ether oxygens (including phenoxy) is 1. The minimum absolute atomic E-state index is 0.292. The van der Waals surface area contributed by atoms with Gasteiger partial charge in [-0.1, -0.05) is 19.9 Å². The largest absolute Gasteiger partial charge is 0.385 e. The van der Waals surface area contributed by atoms with E-state index < -0.39 is 29.2 Å². The maximum atomic E-state index is 13.6. The van der Waals surface area contributed by atoms with Gasteiger partial charge in [0.05, 0.1) is 5.60 Å². The van der Waals surface area contributed by atoms with E-state index >= 15 is 0 Å². The summed E-state index contributed by atoms with van der Waals surface area (Å²) in [6, 6.07) is 1.83. The highest BCUT2D eigenvalue weighted by Crippen LogP contribution is 2.36. The molecular formula is C13H17F3O2. The number of aliphatic hydroxyl groups excluding tert-OH is 1. The van der Waals surface area contributed by atoms with Gasteiger partial charge in [0.2, 0.25) is 0 Å². The van der Waals surface area contributed by atoms with Crippen LogP contribution in [0.4, 0.5) is 13.2 Å². The van der Waals surface area contributed by atoms with Crippen molar-refractivity contribution in [3.8, 4) is 0 Å². The fourth-order valence-corrected chi connectivity index (χ4v) is 2.07. The van der Waals surface area contributed by atoms with E-state index in [-0.39, 0.29) is 5.56 Å². The van der Waals surface area contributed by atoms with Gasteiger partial charge in [0.15, 0.2) is 17.5 Å². The first-order valence-corrected chi connectivity index (χ1v) is 5.80. The van der Waals surface area contributed by atoms with Gasteiger partial charge in [-0.25, -0.2) is 13.2 Å². The van der Waals surface area contributed by atoms with Crippen molar-refractivity contribution in [1.29, 1.82) is 0 Å². The number of hydrogen-bond acceptors (Lipinski definition) is 2. The minimum Gasteiger partial charge on any atom is -0.385 e. The molecule has 1 unspecified atom stereocenters. The average Bonchev–Trinajstić information content (AvgIpc) is 2.39. The minimum atomic E-state index is -1.58. The third-order valence-corrected chi connectivity index (χ3v) is 3.46. The van der Waals surface area contributed by atoms with Crippen LogP contribution < -0.4 is 0 Å². The Bertz CT molecular complexity index is 409. The zero-order valence-electron chi connectivity index (χ0n) is 10.6. The van der Waals surface area contributed by atoms with Gasteiger partial charge in [-0.3, -0.25) is 0 Å². The van der Waals surface area contributed by atoms with Crippen molar-refractivity contribution in [1.82, 2.24) is 0 Å². The summed E-state index contributed by atoms with van der Waals surface area (Å²) in [4.78, 5) is 0. The van der Waals surface area contributed by atoms with Gasteiger partial charge in [0, 0.05) is 12.7 Å². The van der Waals surface area contributed by atoms with Gasteiger partial charge in [0.1, 0.15) is 6.10 Å². The molecule has 0 saturated heterocycles. The molecule has 0 fully saturated rings. The summed E-state index contributed by atoms with van der Waals surface area (Å²) < 4.78 is 44.9. The van der Waals surface area contributed by atoms with Crippen LogP contribution in [0.15, 0.2) is 12.1 Å². The van der Waals surface area contributed by atoms with Crippen LogP contribution in [-0.2, 0) is 4.74 Å². The number of aliphatic hydroxyl groups is 1. The molecule has 0 aliphatic heterocycles. The predicted octanol–water partition coefficient (Wildman–Crippen LogP) is 3.34. The van der Waals surface area contributed by atoms with E-state index in [4.69, 9.17) is 4.74 Å².